The molecule has 0 spiro atoms. The molecular weight excluding hydrogens is 265 g/mol. The van der Waals surface area contributed by atoms with E-state index in [2.05, 4.69) is 5.32 Å². The smallest absolute Gasteiger partial charge is 0.425 e. The molecule has 1 aromatic carbocycles. The minimum atomic E-state index is -4.50. The average Bonchev–Trinajstić information content (AvgIpc) is 2.29. The van der Waals surface area contributed by atoms with Crippen molar-refractivity contribution in [1.82, 2.24) is 0 Å². The van der Waals surface area contributed by atoms with Crippen molar-refractivity contribution in [3.8, 4) is 11.5 Å². The molecule has 2 rings (SSSR count). The van der Waals surface area contributed by atoms with E-state index in [-0.39, 0.29) is 23.7 Å². The third-order valence-corrected chi connectivity index (χ3v) is 2.51. The van der Waals surface area contributed by atoms with Crippen molar-refractivity contribution in [2.75, 3.05) is 17.7 Å². The van der Waals surface area contributed by atoms with Crippen molar-refractivity contribution in [3.05, 3.63) is 12.1 Å². The summed E-state index contributed by atoms with van der Waals surface area (Å²) in [6.07, 6.45) is -6.50. The fraction of sp³-hybridized carbons (Fsp3) is 0.364. The lowest BCUT2D eigenvalue weighted by atomic mass is 10.2. The standard InChI is InChI=1S/C11H11F3N2O3/c1-5(11(12,13)14)19-8-3-7-9(2-6(8)15)18-4-10(17)16-7/h2-3,5H,4,15H2,1H3,(H,16,17). The van der Waals surface area contributed by atoms with Gasteiger partial charge in [0.2, 0.25) is 0 Å². The van der Waals surface area contributed by atoms with Crippen LogP contribution in [0.15, 0.2) is 12.1 Å². The molecule has 1 amide bonds. The van der Waals surface area contributed by atoms with Crippen LogP contribution in [0.1, 0.15) is 6.92 Å². The van der Waals surface area contributed by atoms with Crippen LogP contribution in [-0.2, 0) is 4.79 Å². The number of nitrogens with two attached hydrogens (primary N) is 1. The number of hydrogen-bond donors (Lipinski definition) is 2. The summed E-state index contributed by atoms with van der Waals surface area (Å²) < 4.78 is 47.1. The zero-order valence-corrected chi connectivity index (χ0v) is 9.88. The van der Waals surface area contributed by atoms with Crippen LogP contribution < -0.4 is 20.5 Å². The van der Waals surface area contributed by atoms with Gasteiger partial charge in [-0.05, 0) is 6.92 Å². The fourth-order valence-electron chi connectivity index (χ4n) is 1.48. The number of carbonyl (C=O) groups excluding carboxylic acids is 1. The van der Waals surface area contributed by atoms with Crippen LogP contribution in [0.25, 0.3) is 0 Å². The maximum atomic E-state index is 12.4. The van der Waals surface area contributed by atoms with Gasteiger partial charge >= 0.3 is 6.18 Å². The maximum Gasteiger partial charge on any atom is 0.425 e. The number of amides is 1. The van der Waals surface area contributed by atoms with Gasteiger partial charge in [-0.15, -0.1) is 0 Å². The summed E-state index contributed by atoms with van der Waals surface area (Å²) in [7, 11) is 0. The van der Waals surface area contributed by atoms with Crippen molar-refractivity contribution < 1.29 is 27.4 Å². The molecule has 8 heteroatoms. The molecule has 0 saturated heterocycles. The number of rotatable bonds is 2. The van der Waals surface area contributed by atoms with Gasteiger partial charge in [0.15, 0.2) is 12.7 Å². The van der Waals surface area contributed by atoms with Gasteiger partial charge in [-0.25, -0.2) is 0 Å². The highest BCUT2D eigenvalue weighted by molar-refractivity contribution is 5.96. The lowest BCUT2D eigenvalue weighted by molar-refractivity contribution is -0.189. The number of fused-ring (bicyclic) bond motifs is 1. The van der Waals surface area contributed by atoms with Crippen LogP contribution in [0.4, 0.5) is 24.5 Å². The Morgan fingerprint density at radius 3 is 2.79 bits per heavy atom. The number of nitrogen functional groups attached to an aromatic ring is 1. The second-order valence-electron chi connectivity index (χ2n) is 4.02. The quantitative estimate of drug-likeness (QED) is 0.809. The minimum Gasteiger partial charge on any atom is -0.481 e. The van der Waals surface area contributed by atoms with Crippen LogP contribution in [0.2, 0.25) is 0 Å². The number of anilines is 2. The summed E-state index contributed by atoms with van der Waals surface area (Å²) in [5, 5.41) is 2.46. The van der Waals surface area contributed by atoms with E-state index in [1.54, 1.807) is 0 Å². The topological polar surface area (TPSA) is 73.6 Å². The largest absolute Gasteiger partial charge is 0.481 e. The van der Waals surface area contributed by atoms with Gasteiger partial charge < -0.3 is 20.5 Å². The predicted molar refractivity (Wildman–Crippen MR) is 61.1 cm³/mol. The summed E-state index contributed by atoms with van der Waals surface area (Å²) in [6.45, 7) is 0.708. The first-order valence-corrected chi connectivity index (χ1v) is 5.37. The zero-order chi connectivity index (χ0) is 14.2. The Hall–Kier alpha value is -2.12. The molecule has 0 saturated carbocycles. The molecule has 0 fully saturated rings. The molecule has 0 radical (unpaired) electrons. The summed E-state index contributed by atoms with van der Waals surface area (Å²) in [5.41, 5.74) is 5.82. The van der Waals surface area contributed by atoms with E-state index < -0.39 is 18.2 Å². The molecule has 1 aliphatic rings. The second kappa shape index (κ2) is 4.52. The number of alkyl halides is 3. The number of nitrogens with one attached hydrogen (secondary N) is 1. The Morgan fingerprint density at radius 1 is 1.47 bits per heavy atom. The van der Waals surface area contributed by atoms with E-state index in [9.17, 15) is 18.0 Å². The molecule has 1 aliphatic heterocycles. The third kappa shape index (κ3) is 2.83. The molecule has 0 aliphatic carbocycles. The molecule has 1 aromatic rings. The fourth-order valence-corrected chi connectivity index (χ4v) is 1.48. The van der Waals surface area contributed by atoms with E-state index in [0.717, 1.165) is 6.92 Å². The third-order valence-electron chi connectivity index (χ3n) is 2.51. The van der Waals surface area contributed by atoms with E-state index in [1.807, 2.05) is 0 Å². The molecule has 0 bridgehead atoms. The van der Waals surface area contributed by atoms with Crippen molar-refractivity contribution in [1.29, 1.82) is 0 Å². The number of ether oxygens (including phenoxy) is 2. The predicted octanol–water partition coefficient (Wildman–Crippen LogP) is 1.93. The van der Waals surface area contributed by atoms with Crippen LogP contribution in [0, 0.1) is 0 Å². The molecule has 0 aromatic heterocycles. The van der Waals surface area contributed by atoms with Crippen molar-refractivity contribution in [2.24, 2.45) is 0 Å². The Labute approximate surface area is 106 Å². The van der Waals surface area contributed by atoms with E-state index >= 15 is 0 Å². The molecule has 19 heavy (non-hydrogen) atoms. The number of carbonyl (C=O) groups is 1. The number of halogens is 3. The van der Waals surface area contributed by atoms with Crippen molar-refractivity contribution in [3.63, 3.8) is 0 Å². The minimum absolute atomic E-state index is 0.00555. The Kier molecular flexibility index (Phi) is 3.17. The number of hydrogen-bond acceptors (Lipinski definition) is 4. The zero-order valence-electron chi connectivity index (χ0n) is 9.88. The first kappa shape index (κ1) is 13.3. The lowest BCUT2D eigenvalue weighted by Gasteiger charge is -2.22. The molecular formula is C11H11F3N2O3. The van der Waals surface area contributed by atoms with Crippen LogP contribution >= 0.6 is 0 Å². The molecule has 104 valence electrons. The normalized spacial score (nSPS) is 16.1. The Balaban J connectivity index is 2.27. The first-order chi connectivity index (χ1) is 8.77. The summed E-state index contributed by atoms with van der Waals surface area (Å²) in [6, 6.07) is 2.52. The molecule has 5 nitrogen and oxygen atoms in total. The Morgan fingerprint density at radius 2 is 2.16 bits per heavy atom. The van der Waals surface area contributed by atoms with Gasteiger partial charge in [0.05, 0.1) is 11.4 Å². The van der Waals surface area contributed by atoms with Crippen LogP contribution in [0.3, 0.4) is 0 Å². The highest BCUT2D eigenvalue weighted by Crippen LogP contribution is 2.38. The summed E-state index contributed by atoms with van der Waals surface area (Å²) in [5.74, 6) is -0.259. The number of benzene rings is 1. The molecule has 1 atom stereocenters. The molecule has 1 heterocycles. The van der Waals surface area contributed by atoms with E-state index in [4.69, 9.17) is 15.2 Å². The molecule has 3 N–H and O–H groups in total. The summed E-state index contributed by atoms with van der Waals surface area (Å²) in [4.78, 5) is 11.1. The SMILES string of the molecule is CC(Oc1cc2c(cc1N)OCC(=O)N2)C(F)(F)F. The van der Waals surface area contributed by atoms with Crippen molar-refractivity contribution >= 4 is 17.3 Å². The summed E-state index contributed by atoms with van der Waals surface area (Å²) >= 11 is 0. The van der Waals surface area contributed by atoms with Gasteiger partial charge in [-0.3, -0.25) is 4.79 Å². The maximum absolute atomic E-state index is 12.4. The highest BCUT2D eigenvalue weighted by Gasteiger charge is 2.38. The monoisotopic (exact) mass is 276 g/mol. The van der Waals surface area contributed by atoms with E-state index in [0.29, 0.717) is 5.75 Å². The van der Waals surface area contributed by atoms with Crippen LogP contribution in [0.5, 0.6) is 11.5 Å². The van der Waals surface area contributed by atoms with E-state index in [1.165, 1.54) is 12.1 Å². The lowest BCUT2D eigenvalue weighted by Crippen LogP contribution is -2.31. The average molecular weight is 276 g/mol. The van der Waals surface area contributed by atoms with Gasteiger partial charge in [0.25, 0.3) is 5.91 Å². The van der Waals surface area contributed by atoms with Gasteiger partial charge in [0.1, 0.15) is 11.5 Å². The van der Waals surface area contributed by atoms with Crippen LogP contribution in [-0.4, -0.2) is 24.8 Å². The first-order valence-electron chi connectivity index (χ1n) is 5.37. The van der Waals surface area contributed by atoms with Gasteiger partial charge in [-0.1, -0.05) is 0 Å². The van der Waals surface area contributed by atoms with Gasteiger partial charge in [0, 0.05) is 12.1 Å². The second-order valence-corrected chi connectivity index (χ2v) is 4.02. The van der Waals surface area contributed by atoms with Crippen molar-refractivity contribution in [2.45, 2.75) is 19.2 Å². The highest BCUT2D eigenvalue weighted by atomic mass is 19.4. The van der Waals surface area contributed by atoms with Gasteiger partial charge in [-0.2, -0.15) is 13.2 Å². The Bertz CT molecular complexity index is 517. The molecule has 1 unspecified atom stereocenters.